The number of aliphatic imine (C=N–C) groups is 1. The Labute approximate surface area is 175 Å². The molecule has 1 aliphatic heterocycles. The normalized spacial score (nSPS) is 16.1. The first-order valence-electron chi connectivity index (χ1n) is 9.23. The van der Waals surface area contributed by atoms with E-state index in [0.29, 0.717) is 19.1 Å². The summed E-state index contributed by atoms with van der Waals surface area (Å²) < 4.78 is 10.6. The Kier molecular flexibility index (Phi) is 12.2. The average molecular weight is 484 g/mol. The SMILES string of the molecule is CCN(CC1CCN(C(=NC)NCCOC)CC1)C(=O)OC(C)(C)C.I. The lowest BCUT2D eigenvalue weighted by Gasteiger charge is -2.36. The molecule has 0 radical (unpaired) electrons. The summed E-state index contributed by atoms with van der Waals surface area (Å²) >= 11 is 0. The molecule has 0 aromatic carbocycles. The van der Waals surface area contributed by atoms with Crippen LogP contribution in [0.25, 0.3) is 0 Å². The number of guanidine groups is 1. The number of carbonyl (C=O) groups excluding carboxylic acids is 1. The van der Waals surface area contributed by atoms with Crippen LogP contribution in [0, 0.1) is 5.92 Å². The Morgan fingerprint density at radius 3 is 2.38 bits per heavy atom. The summed E-state index contributed by atoms with van der Waals surface area (Å²) in [5, 5.41) is 3.32. The van der Waals surface area contributed by atoms with Crippen molar-refractivity contribution in [3.8, 4) is 0 Å². The number of rotatable bonds is 6. The van der Waals surface area contributed by atoms with Crippen LogP contribution in [0.4, 0.5) is 4.79 Å². The van der Waals surface area contributed by atoms with E-state index >= 15 is 0 Å². The van der Waals surface area contributed by atoms with Crippen LogP contribution in [-0.2, 0) is 9.47 Å². The third-order valence-electron chi connectivity index (χ3n) is 4.23. The number of hydrogen-bond acceptors (Lipinski definition) is 4. The van der Waals surface area contributed by atoms with Crippen LogP contribution < -0.4 is 5.32 Å². The Morgan fingerprint density at radius 1 is 1.31 bits per heavy atom. The van der Waals surface area contributed by atoms with Crippen molar-refractivity contribution in [2.24, 2.45) is 10.9 Å². The minimum absolute atomic E-state index is 0. The highest BCUT2D eigenvalue weighted by molar-refractivity contribution is 14.0. The first kappa shape index (κ1) is 25.2. The molecular formula is C18H37IN4O3. The van der Waals surface area contributed by atoms with Gasteiger partial charge in [0.25, 0.3) is 0 Å². The van der Waals surface area contributed by atoms with Crippen LogP contribution in [0.15, 0.2) is 4.99 Å². The Hall–Kier alpha value is -0.770. The number of amides is 1. The van der Waals surface area contributed by atoms with Gasteiger partial charge in [-0.2, -0.15) is 0 Å². The predicted octanol–water partition coefficient (Wildman–Crippen LogP) is 2.80. The zero-order valence-corrected chi connectivity index (χ0v) is 19.5. The minimum Gasteiger partial charge on any atom is -0.444 e. The number of methoxy groups -OCH3 is 1. The van der Waals surface area contributed by atoms with Crippen molar-refractivity contribution in [2.75, 3.05) is 53.5 Å². The summed E-state index contributed by atoms with van der Waals surface area (Å²) in [6, 6.07) is 0. The average Bonchev–Trinajstić information content (AvgIpc) is 2.56. The zero-order valence-electron chi connectivity index (χ0n) is 17.2. The van der Waals surface area contributed by atoms with Crippen molar-refractivity contribution >= 4 is 36.0 Å². The summed E-state index contributed by atoms with van der Waals surface area (Å²) in [4.78, 5) is 20.7. The smallest absolute Gasteiger partial charge is 0.410 e. The Bertz CT molecular complexity index is 433. The second-order valence-electron chi connectivity index (χ2n) is 7.42. The lowest BCUT2D eigenvalue weighted by Crippen LogP contribution is -2.48. The second kappa shape index (κ2) is 12.6. The molecule has 1 saturated heterocycles. The number of likely N-dealkylation sites (tertiary alicyclic amines) is 1. The second-order valence-corrected chi connectivity index (χ2v) is 7.42. The van der Waals surface area contributed by atoms with Crippen LogP contribution in [0.3, 0.4) is 0 Å². The molecule has 8 heteroatoms. The maximum absolute atomic E-state index is 12.3. The van der Waals surface area contributed by atoms with Crippen molar-refractivity contribution in [2.45, 2.75) is 46.1 Å². The van der Waals surface area contributed by atoms with Gasteiger partial charge in [0.05, 0.1) is 6.61 Å². The minimum atomic E-state index is -0.450. The maximum atomic E-state index is 12.3. The maximum Gasteiger partial charge on any atom is 0.410 e. The van der Waals surface area contributed by atoms with E-state index in [9.17, 15) is 4.79 Å². The van der Waals surface area contributed by atoms with Crippen LogP contribution in [0.1, 0.15) is 40.5 Å². The van der Waals surface area contributed by atoms with Gasteiger partial charge < -0.3 is 24.6 Å². The first-order chi connectivity index (χ1) is 11.8. The molecule has 0 aliphatic carbocycles. The molecule has 7 nitrogen and oxygen atoms in total. The number of ether oxygens (including phenoxy) is 2. The first-order valence-corrected chi connectivity index (χ1v) is 9.23. The van der Waals surface area contributed by atoms with Gasteiger partial charge in [-0.05, 0) is 46.5 Å². The molecule has 1 N–H and O–H groups in total. The van der Waals surface area contributed by atoms with Gasteiger partial charge in [-0.25, -0.2) is 4.79 Å². The number of piperidine rings is 1. The quantitative estimate of drug-likeness (QED) is 0.272. The largest absolute Gasteiger partial charge is 0.444 e. The third kappa shape index (κ3) is 9.25. The van der Waals surface area contributed by atoms with E-state index in [1.54, 1.807) is 7.11 Å². The van der Waals surface area contributed by atoms with Gasteiger partial charge in [0.2, 0.25) is 0 Å². The van der Waals surface area contributed by atoms with E-state index in [0.717, 1.165) is 45.0 Å². The summed E-state index contributed by atoms with van der Waals surface area (Å²) in [6.07, 6.45) is 1.88. The van der Waals surface area contributed by atoms with Gasteiger partial charge in [0.15, 0.2) is 5.96 Å². The van der Waals surface area contributed by atoms with Crippen molar-refractivity contribution in [1.29, 1.82) is 0 Å². The van der Waals surface area contributed by atoms with Gasteiger partial charge in [0, 0.05) is 46.9 Å². The van der Waals surface area contributed by atoms with E-state index in [-0.39, 0.29) is 30.1 Å². The van der Waals surface area contributed by atoms with Gasteiger partial charge in [0.1, 0.15) is 5.60 Å². The van der Waals surface area contributed by atoms with Crippen LogP contribution in [-0.4, -0.2) is 80.9 Å². The van der Waals surface area contributed by atoms with E-state index in [4.69, 9.17) is 9.47 Å². The molecule has 0 spiro atoms. The van der Waals surface area contributed by atoms with Gasteiger partial charge >= 0.3 is 6.09 Å². The lowest BCUT2D eigenvalue weighted by molar-refractivity contribution is 0.0214. The number of carbonyl (C=O) groups is 1. The summed E-state index contributed by atoms with van der Waals surface area (Å²) in [5.41, 5.74) is -0.450. The zero-order chi connectivity index (χ0) is 18.9. The third-order valence-corrected chi connectivity index (χ3v) is 4.23. The molecule has 0 aromatic rings. The van der Waals surface area contributed by atoms with Crippen molar-refractivity contribution in [3.63, 3.8) is 0 Å². The summed E-state index contributed by atoms with van der Waals surface area (Å²) in [7, 11) is 3.50. The van der Waals surface area contributed by atoms with Crippen LogP contribution >= 0.6 is 24.0 Å². The van der Waals surface area contributed by atoms with Crippen LogP contribution in [0.2, 0.25) is 0 Å². The molecule has 154 valence electrons. The molecule has 0 bridgehead atoms. The fraction of sp³-hybridized carbons (Fsp3) is 0.889. The molecule has 0 atom stereocenters. The molecule has 0 aromatic heterocycles. The standard InChI is InChI=1S/C18H36N4O3.HI/c1-7-21(17(23)25-18(2,3)4)14-15-8-11-22(12-9-15)16(19-5)20-10-13-24-6;/h15H,7-14H2,1-6H3,(H,19,20);1H. The molecular weight excluding hydrogens is 447 g/mol. The van der Waals surface area contributed by atoms with Gasteiger partial charge in [-0.3, -0.25) is 4.99 Å². The predicted molar refractivity (Wildman–Crippen MR) is 116 cm³/mol. The monoisotopic (exact) mass is 484 g/mol. The lowest BCUT2D eigenvalue weighted by atomic mass is 9.96. The van der Waals surface area contributed by atoms with E-state index in [2.05, 4.69) is 15.2 Å². The molecule has 26 heavy (non-hydrogen) atoms. The highest BCUT2D eigenvalue weighted by atomic mass is 127. The Balaban J connectivity index is 0.00000625. The molecule has 0 unspecified atom stereocenters. The van der Waals surface area contributed by atoms with Crippen molar-refractivity contribution < 1.29 is 14.3 Å². The molecule has 1 heterocycles. The summed E-state index contributed by atoms with van der Waals surface area (Å²) in [6.45, 7) is 12.5. The van der Waals surface area contributed by atoms with E-state index in [1.807, 2.05) is 39.6 Å². The molecule has 1 aliphatic rings. The molecule has 1 fully saturated rings. The molecule has 0 saturated carbocycles. The van der Waals surface area contributed by atoms with Gasteiger partial charge in [-0.1, -0.05) is 0 Å². The molecule has 1 rings (SSSR count). The van der Waals surface area contributed by atoms with Gasteiger partial charge in [-0.15, -0.1) is 24.0 Å². The Morgan fingerprint density at radius 2 is 1.92 bits per heavy atom. The van der Waals surface area contributed by atoms with E-state index < -0.39 is 5.60 Å². The fourth-order valence-corrected chi connectivity index (χ4v) is 2.90. The number of hydrogen-bond donors (Lipinski definition) is 1. The number of nitrogens with one attached hydrogen (secondary N) is 1. The van der Waals surface area contributed by atoms with Crippen LogP contribution in [0.5, 0.6) is 0 Å². The number of halogens is 1. The van der Waals surface area contributed by atoms with Crippen molar-refractivity contribution in [1.82, 2.24) is 15.1 Å². The topological polar surface area (TPSA) is 66.4 Å². The summed E-state index contributed by atoms with van der Waals surface area (Å²) in [5.74, 6) is 1.43. The van der Waals surface area contributed by atoms with Crippen molar-refractivity contribution in [3.05, 3.63) is 0 Å². The van der Waals surface area contributed by atoms with E-state index in [1.165, 1.54) is 0 Å². The molecule has 1 amide bonds. The number of nitrogens with zero attached hydrogens (tertiary/aromatic N) is 3. The fourth-order valence-electron chi connectivity index (χ4n) is 2.90. The highest BCUT2D eigenvalue weighted by Crippen LogP contribution is 2.20. The highest BCUT2D eigenvalue weighted by Gasteiger charge is 2.26.